The Morgan fingerprint density at radius 2 is 1.79 bits per heavy atom. The molecule has 166 valence electrons. The van der Waals surface area contributed by atoms with Crippen molar-refractivity contribution in [3.8, 4) is 5.69 Å². The third-order valence-corrected chi connectivity index (χ3v) is 6.52. The molecule has 0 saturated carbocycles. The molecule has 1 fully saturated rings. The van der Waals surface area contributed by atoms with Gasteiger partial charge in [0, 0.05) is 36.8 Å². The lowest BCUT2D eigenvalue weighted by Gasteiger charge is -2.26. The molecule has 1 aliphatic heterocycles. The molecule has 5 rings (SSSR count). The van der Waals surface area contributed by atoms with Crippen molar-refractivity contribution < 1.29 is 9.53 Å². The number of aromatic nitrogens is 3. The fourth-order valence-electron chi connectivity index (χ4n) is 3.77. The van der Waals surface area contributed by atoms with Gasteiger partial charge in [0.2, 0.25) is 0 Å². The Morgan fingerprint density at radius 3 is 2.55 bits per heavy atom. The van der Waals surface area contributed by atoms with E-state index in [1.807, 2.05) is 36.5 Å². The third kappa shape index (κ3) is 4.53. The summed E-state index contributed by atoms with van der Waals surface area (Å²) in [5.74, 6) is 0.603. The second-order valence-corrected chi connectivity index (χ2v) is 8.60. The van der Waals surface area contributed by atoms with Crippen LogP contribution < -0.4 is 5.56 Å². The number of morpholine rings is 1. The van der Waals surface area contributed by atoms with E-state index in [4.69, 9.17) is 9.72 Å². The molecule has 0 spiro atoms. The van der Waals surface area contributed by atoms with Crippen LogP contribution in [0.5, 0.6) is 0 Å². The zero-order valence-electron chi connectivity index (χ0n) is 17.9. The first kappa shape index (κ1) is 21.4. The Bertz CT molecular complexity index is 1330. The minimum Gasteiger partial charge on any atom is -0.378 e. The number of pyridine rings is 1. The van der Waals surface area contributed by atoms with Crippen molar-refractivity contribution in [3.05, 3.63) is 94.5 Å². The van der Waals surface area contributed by atoms with Crippen molar-refractivity contribution in [3.63, 3.8) is 0 Å². The van der Waals surface area contributed by atoms with Gasteiger partial charge in [-0.05, 0) is 48.0 Å². The molecule has 0 bridgehead atoms. The van der Waals surface area contributed by atoms with Gasteiger partial charge >= 0.3 is 0 Å². The summed E-state index contributed by atoms with van der Waals surface area (Å²) in [5, 5.41) is 1.14. The van der Waals surface area contributed by atoms with Gasteiger partial charge in [-0.2, -0.15) is 0 Å². The second-order valence-electron chi connectivity index (χ2n) is 7.65. The minimum atomic E-state index is -0.137. The van der Waals surface area contributed by atoms with Crippen molar-refractivity contribution >= 4 is 28.6 Å². The van der Waals surface area contributed by atoms with Crippen LogP contribution in [0.1, 0.15) is 15.9 Å². The van der Waals surface area contributed by atoms with E-state index in [2.05, 4.69) is 4.98 Å². The summed E-state index contributed by atoms with van der Waals surface area (Å²) in [6.07, 6.45) is 3.54. The van der Waals surface area contributed by atoms with Gasteiger partial charge in [-0.3, -0.25) is 19.1 Å². The molecule has 0 radical (unpaired) electrons. The quantitative estimate of drug-likeness (QED) is 0.336. The fraction of sp³-hybridized carbons (Fsp3) is 0.200. The van der Waals surface area contributed by atoms with Gasteiger partial charge in [0.25, 0.3) is 11.5 Å². The van der Waals surface area contributed by atoms with E-state index in [9.17, 15) is 9.59 Å². The number of rotatable bonds is 5. The number of nitrogens with zero attached hydrogens (tertiary/aromatic N) is 4. The summed E-state index contributed by atoms with van der Waals surface area (Å²) in [5.41, 5.74) is 2.83. The Labute approximate surface area is 195 Å². The molecule has 8 heteroatoms. The number of fused-ring (bicyclic) bond motifs is 1. The van der Waals surface area contributed by atoms with Gasteiger partial charge < -0.3 is 9.64 Å². The highest BCUT2D eigenvalue weighted by atomic mass is 32.2. The summed E-state index contributed by atoms with van der Waals surface area (Å²) >= 11 is 1.48. The summed E-state index contributed by atoms with van der Waals surface area (Å²) in [6, 6.07) is 18.4. The van der Waals surface area contributed by atoms with Gasteiger partial charge in [0.05, 0.1) is 29.8 Å². The molecule has 0 aliphatic carbocycles. The second kappa shape index (κ2) is 9.56. The zero-order chi connectivity index (χ0) is 22.6. The number of carbonyl (C=O) groups is 1. The molecule has 33 heavy (non-hydrogen) atoms. The maximum Gasteiger partial charge on any atom is 0.266 e. The number of ether oxygens (including phenoxy) is 1. The highest BCUT2D eigenvalue weighted by molar-refractivity contribution is 7.98. The summed E-state index contributed by atoms with van der Waals surface area (Å²) in [6.45, 7) is 2.28. The normalized spacial score (nSPS) is 13.9. The highest BCUT2D eigenvalue weighted by Crippen LogP contribution is 2.25. The SMILES string of the molecule is O=C(c1ccc(-n2c(SCc3cccnc3)nc3ccccc3c2=O)cc1)N1CCOCC1. The third-order valence-electron chi connectivity index (χ3n) is 5.51. The fourth-order valence-corrected chi connectivity index (χ4v) is 4.72. The first-order valence-corrected chi connectivity index (χ1v) is 11.7. The number of hydrogen-bond acceptors (Lipinski definition) is 6. The summed E-state index contributed by atoms with van der Waals surface area (Å²) in [7, 11) is 0. The van der Waals surface area contributed by atoms with Crippen molar-refractivity contribution in [1.29, 1.82) is 0 Å². The van der Waals surface area contributed by atoms with Gasteiger partial charge in [0.15, 0.2) is 5.16 Å². The van der Waals surface area contributed by atoms with Gasteiger partial charge in [-0.15, -0.1) is 0 Å². The van der Waals surface area contributed by atoms with Crippen molar-refractivity contribution in [2.75, 3.05) is 26.3 Å². The van der Waals surface area contributed by atoms with E-state index < -0.39 is 0 Å². The summed E-state index contributed by atoms with van der Waals surface area (Å²) < 4.78 is 6.95. The number of hydrogen-bond donors (Lipinski definition) is 0. The van der Waals surface area contributed by atoms with Crippen LogP contribution in [0.3, 0.4) is 0 Å². The lowest BCUT2D eigenvalue weighted by molar-refractivity contribution is 0.0303. The minimum absolute atomic E-state index is 0.0278. The average Bonchev–Trinajstić information content (AvgIpc) is 2.88. The predicted octanol–water partition coefficient (Wildman–Crippen LogP) is 3.55. The largest absolute Gasteiger partial charge is 0.378 e. The average molecular weight is 459 g/mol. The number of benzene rings is 2. The highest BCUT2D eigenvalue weighted by Gasteiger charge is 2.19. The van der Waals surface area contributed by atoms with E-state index in [1.54, 1.807) is 46.0 Å². The van der Waals surface area contributed by atoms with E-state index >= 15 is 0 Å². The van der Waals surface area contributed by atoms with Crippen LogP contribution in [0.4, 0.5) is 0 Å². The lowest BCUT2D eigenvalue weighted by atomic mass is 10.1. The van der Waals surface area contributed by atoms with Crippen LogP contribution in [-0.2, 0) is 10.5 Å². The number of carbonyl (C=O) groups excluding carboxylic acids is 1. The van der Waals surface area contributed by atoms with Gasteiger partial charge in [-0.1, -0.05) is 30.0 Å². The topological polar surface area (TPSA) is 77.3 Å². The monoisotopic (exact) mass is 458 g/mol. The maximum atomic E-state index is 13.4. The Hall–Kier alpha value is -3.49. The van der Waals surface area contributed by atoms with Crippen LogP contribution in [-0.4, -0.2) is 51.6 Å². The maximum absolute atomic E-state index is 13.4. The molecule has 4 aromatic rings. The van der Waals surface area contributed by atoms with Crippen molar-refractivity contribution in [1.82, 2.24) is 19.4 Å². The Kier molecular flexibility index (Phi) is 6.19. The summed E-state index contributed by atoms with van der Waals surface area (Å²) in [4.78, 5) is 37.0. The lowest BCUT2D eigenvalue weighted by Crippen LogP contribution is -2.40. The zero-order valence-corrected chi connectivity index (χ0v) is 18.7. The van der Waals surface area contributed by atoms with Crippen LogP contribution in [0.15, 0.2) is 83.0 Å². The first-order chi connectivity index (χ1) is 16.2. The standard InChI is InChI=1S/C25H22N4O3S/c30-23(28-12-14-32-15-13-28)19-7-9-20(10-8-19)29-24(31)21-5-1-2-6-22(21)27-25(29)33-17-18-4-3-11-26-16-18/h1-11,16H,12-15,17H2. The number of thioether (sulfide) groups is 1. The van der Waals surface area contributed by atoms with E-state index in [0.29, 0.717) is 59.4 Å². The van der Waals surface area contributed by atoms with Gasteiger partial charge in [0.1, 0.15) is 0 Å². The molecular formula is C25H22N4O3S. The van der Waals surface area contributed by atoms with Crippen LogP contribution in [0, 0.1) is 0 Å². The Balaban J connectivity index is 1.51. The molecule has 0 unspecified atom stereocenters. The van der Waals surface area contributed by atoms with E-state index in [1.165, 1.54) is 11.8 Å². The predicted molar refractivity (Wildman–Crippen MR) is 128 cm³/mol. The molecule has 1 aliphatic rings. The van der Waals surface area contributed by atoms with Gasteiger partial charge in [-0.25, -0.2) is 4.98 Å². The van der Waals surface area contributed by atoms with E-state index in [0.717, 1.165) is 5.56 Å². The molecule has 1 amide bonds. The molecule has 0 N–H and O–H groups in total. The molecule has 2 aromatic carbocycles. The smallest absolute Gasteiger partial charge is 0.266 e. The number of amides is 1. The van der Waals surface area contributed by atoms with Crippen molar-refractivity contribution in [2.45, 2.75) is 10.9 Å². The van der Waals surface area contributed by atoms with Crippen LogP contribution >= 0.6 is 11.8 Å². The molecular weight excluding hydrogens is 436 g/mol. The van der Waals surface area contributed by atoms with Crippen LogP contribution in [0.2, 0.25) is 0 Å². The Morgan fingerprint density at radius 1 is 1.00 bits per heavy atom. The van der Waals surface area contributed by atoms with E-state index in [-0.39, 0.29) is 11.5 Å². The van der Waals surface area contributed by atoms with Crippen LogP contribution in [0.25, 0.3) is 16.6 Å². The molecule has 7 nitrogen and oxygen atoms in total. The van der Waals surface area contributed by atoms with Crippen molar-refractivity contribution in [2.24, 2.45) is 0 Å². The number of para-hydroxylation sites is 1. The molecule has 0 atom stereocenters. The molecule has 2 aromatic heterocycles. The molecule has 3 heterocycles. The molecule has 1 saturated heterocycles. The first-order valence-electron chi connectivity index (χ1n) is 10.7.